The SMILES string of the molecule is OCc1cnn(-c2ncc(C(F)(F)F)cc2Cl)c1C(F)F. The lowest BCUT2D eigenvalue weighted by molar-refractivity contribution is -0.137. The van der Waals surface area contributed by atoms with Crippen LogP contribution in [0.25, 0.3) is 5.82 Å². The van der Waals surface area contributed by atoms with Crippen molar-refractivity contribution in [1.29, 1.82) is 0 Å². The molecule has 0 saturated carbocycles. The number of hydrogen-bond donors (Lipinski definition) is 1. The van der Waals surface area contributed by atoms with Gasteiger partial charge in [-0.1, -0.05) is 11.6 Å². The number of pyridine rings is 1. The number of rotatable bonds is 3. The number of halogens is 6. The van der Waals surface area contributed by atoms with Gasteiger partial charge in [-0.05, 0) is 6.07 Å². The third-order valence-electron chi connectivity index (χ3n) is 2.61. The number of alkyl halides is 5. The van der Waals surface area contributed by atoms with Gasteiger partial charge in [0, 0.05) is 11.8 Å². The highest BCUT2D eigenvalue weighted by molar-refractivity contribution is 6.32. The zero-order valence-electron chi connectivity index (χ0n) is 10.1. The Bertz CT molecular complexity index is 656. The molecule has 2 aromatic heterocycles. The molecule has 0 aliphatic rings. The van der Waals surface area contributed by atoms with Gasteiger partial charge in [0.15, 0.2) is 5.82 Å². The normalized spacial score (nSPS) is 12.2. The van der Waals surface area contributed by atoms with Crippen LogP contribution in [0.1, 0.15) is 23.2 Å². The van der Waals surface area contributed by atoms with E-state index in [0.717, 1.165) is 6.20 Å². The summed E-state index contributed by atoms with van der Waals surface area (Å²) in [4.78, 5) is 3.44. The van der Waals surface area contributed by atoms with Crippen LogP contribution in [0.5, 0.6) is 0 Å². The Morgan fingerprint density at radius 3 is 2.43 bits per heavy atom. The van der Waals surface area contributed by atoms with Crippen LogP contribution in [-0.4, -0.2) is 19.9 Å². The van der Waals surface area contributed by atoms with Gasteiger partial charge in [0.1, 0.15) is 5.69 Å². The van der Waals surface area contributed by atoms with E-state index in [1.807, 2.05) is 0 Å². The lowest BCUT2D eigenvalue weighted by Crippen LogP contribution is -2.10. The fourth-order valence-electron chi connectivity index (χ4n) is 1.66. The van der Waals surface area contributed by atoms with Crippen molar-refractivity contribution in [1.82, 2.24) is 14.8 Å². The van der Waals surface area contributed by atoms with Gasteiger partial charge in [-0.25, -0.2) is 18.4 Å². The highest BCUT2D eigenvalue weighted by Gasteiger charge is 2.32. The van der Waals surface area contributed by atoms with Crippen LogP contribution in [-0.2, 0) is 12.8 Å². The highest BCUT2D eigenvalue weighted by Crippen LogP contribution is 2.33. The van der Waals surface area contributed by atoms with Crippen LogP contribution in [0.2, 0.25) is 5.02 Å². The van der Waals surface area contributed by atoms with Crippen molar-refractivity contribution in [2.24, 2.45) is 0 Å². The predicted octanol–water partition coefficient (Wildman–Crippen LogP) is 3.37. The zero-order chi connectivity index (χ0) is 15.8. The van der Waals surface area contributed by atoms with Crippen LogP contribution in [0.15, 0.2) is 18.5 Å². The monoisotopic (exact) mass is 327 g/mol. The van der Waals surface area contributed by atoms with Crippen LogP contribution < -0.4 is 0 Å². The van der Waals surface area contributed by atoms with Crippen molar-refractivity contribution in [2.45, 2.75) is 19.2 Å². The Labute approximate surface area is 119 Å². The summed E-state index contributed by atoms with van der Waals surface area (Å²) in [6.45, 7) is -0.697. The van der Waals surface area contributed by atoms with E-state index in [2.05, 4.69) is 10.1 Å². The van der Waals surface area contributed by atoms with E-state index >= 15 is 0 Å². The molecule has 0 aliphatic heterocycles. The summed E-state index contributed by atoms with van der Waals surface area (Å²) in [7, 11) is 0. The van der Waals surface area contributed by atoms with E-state index < -0.39 is 35.5 Å². The minimum atomic E-state index is -4.65. The second-order valence-corrected chi connectivity index (χ2v) is 4.36. The van der Waals surface area contributed by atoms with Gasteiger partial charge in [-0.2, -0.15) is 18.3 Å². The summed E-state index contributed by atoms with van der Waals surface area (Å²) in [6, 6.07) is 0.569. The molecule has 2 aromatic rings. The standard InChI is InChI=1S/C11H7ClF5N3O/c12-7-1-6(11(15,16)17)3-18-10(7)20-8(9(13)14)5(4-21)2-19-20/h1-3,9,21H,4H2. The Morgan fingerprint density at radius 1 is 1.29 bits per heavy atom. The summed E-state index contributed by atoms with van der Waals surface area (Å²) in [6.07, 6.45) is -6.22. The molecule has 0 bridgehead atoms. The maximum atomic E-state index is 13.0. The molecule has 2 rings (SSSR count). The fraction of sp³-hybridized carbons (Fsp3) is 0.273. The molecule has 0 spiro atoms. The van der Waals surface area contributed by atoms with Crippen LogP contribution >= 0.6 is 11.6 Å². The van der Waals surface area contributed by atoms with E-state index in [-0.39, 0.29) is 11.4 Å². The van der Waals surface area contributed by atoms with E-state index in [4.69, 9.17) is 16.7 Å². The van der Waals surface area contributed by atoms with E-state index in [1.165, 1.54) is 0 Å². The molecule has 0 saturated heterocycles. The van der Waals surface area contributed by atoms with Crippen LogP contribution in [0.4, 0.5) is 22.0 Å². The van der Waals surface area contributed by atoms with Crippen LogP contribution in [0, 0.1) is 0 Å². The summed E-state index contributed by atoms with van der Waals surface area (Å²) in [5.74, 6) is -0.375. The van der Waals surface area contributed by atoms with Crippen molar-refractivity contribution in [3.63, 3.8) is 0 Å². The van der Waals surface area contributed by atoms with Gasteiger partial charge in [0.25, 0.3) is 6.43 Å². The van der Waals surface area contributed by atoms with Gasteiger partial charge in [0.05, 0.1) is 23.4 Å². The second kappa shape index (κ2) is 5.57. The maximum absolute atomic E-state index is 13.0. The smallest absolute Gasteiger partial charge is 0.392 e. The van der Waals surface area contributed by atoms with E-state index in [9.17, 15) is 22.0 Å². The Hall–Kier alpha value is -1.74. The summed E-state index contributed by atoms with van der Waals surface area (Å²) in [5, 5.41) is 12.1. The average Bonchev–Trinajstić information content (AvgIpc) is 2.81. The summed E-state index contributed by atoms with van der Waals surface area (Å²) in [5.41, 5.74) is -1.95. The molecule has 0 unspecified atom stereocenters. The van der Waals surface area contributed by atoms with Crippen molar-refractivity contribution >= 4 is 11.6 Å². The Balaban J connectivity index is 2.56. The maximum Gasteiger partial charge on any atom is 0.417 e. The second-order valence-electron chi connectivity index (χ2n) is 3.95. The minimum absolute atomic E-state index is 0.164. The molecular formula is C11H7ClF5N3O. The van der Waals surface area contributed by atoms with Crippen LogP contribution in [0.3, 0.4) is 0 Å². The largest absolute Gasteiger partial charge is 0.417 e. The topological polar surface area (TPSA) is 50.9 Å². The quantitative estimate of drug-likeness (QED) is 0.879. The summed E-state index contributed by atoms with van der Waals surface area (Å²) >= 11 is 5.67. The third kappa shape index (κ3) is 2.98. The molecule has 0 radical (unpaired) electrons. The predicted molar refractivity (Wildman–Crippen MR) is 62.3 cm³/mol. The fourth-order valence-corrected chi connectivity index (χ4v) is 1.90. The van der Waals surface area contributed by atoms with Gasteiger partial charge < -0.3 is 5.11 Å². The minimum Gasteiger partial charge on any atom is -0.392 e. The molecule has 21 heavy (non-hydrogen) atoms. The molecule has 2 heterocycles. The number of aliphatic hydroxyl groups is 1. The molecule has 0 atom stereocenters. The lowest BCUT2D eigenvalue weighted by atomic mass is 10.2. The molecule has 10 heteroatoms. The Morgan fingerprint density at radius 2 is 1.95 bits per heavy atom. The van der Waals surface area contributed by atoms with Crippen molar-refractivity contribution < 1.29 is 27.1 Å². The first-order valence-electron chi connectivity index (χ1n) is 5.44. The summed E-state index contributed by atoms with van der Waals surface area (Å²) < 4.78 is 64.0. The molecular weight excluding hydrogens is 321 g/mol. The number of nitrogens with zero attached hydrogens (tertiary/aromatic N) is 3. The van der Waals surface area contributed by atoms with Gasteiger partial charge in [-0.15, -0.1) is 0 Å². The van der Waals surface area contributed by atoms with Crippen molar-refractivity contribution in [3.05, 3.63) is 40.3 Å². The van der Waals surface area contributed by atoms with Gasteiger partial charge in [-0.3, -0.25) is 0 Å². The van der Waals surface area contributed by atoms with E-state index in [0.29, 0.717) is 16.9 Å². The van der Waals surface area contributed by atoms with E-state index in [1.54, 1.807) is 0 Å². The molecule has 0 amide bonds. The number of aliphatic hydroxyl groups excluding tert-OH is 1. The first-order valence-corrected chi connectivity index (χ1v) is 5.82. The Kier molecular flexibility index (Phi) is 4.15. The first kappa shape index (κ1) is 15.6. The zero-order valence-corrected chi connectivity index (χ0v) is 10.8. The lowest BCUT2D eigenvalue weighted by Gasteiger charge is -2.11. The first-order chi connectivity index (χ1) is 9.75. The average molecular weight is 328 g/mol. The molecule has 1 N–H and O–H groups in total. The van der Waals surface area contributed by atoms with Crippen molar-refractivity contribution in [2.75, 3.05) is 0 Å². The highest BCUT2D eigenvalue weighted by atomic mass is 35.5. The number of hydrogen-bond acceptors (Lipinski definition) is 3. The molecule has 0 aromatic carbocycles. The molecule has 0 aliphatic carbocycles. The third-order valence-corrected chi connectivity index (χ3v) is 2.89. The molecule has 0 fully saturated rings. The van der Waals surface area contributed by atoms with Gasteiger partial charge in [0.2, 0.25) is 0 Å². The van der Waals surface area contributed by atoms with Crippen molar-refractivity contribution in [3.8, 4) is 5.82 Å². The molecule has 4 nitrogen and oxygen atoms in total. The number of aromatic nitrogens is 3. The molecule has 114 valence electrons. The van der Waals surface area contributed by atoms with Gasteiger partial charge >= 0.3 is 6.18 Å².